The summed E-state index contributed by atoms with van der Waals surface area (Å²) in [6, 6.07) is 16.5. The summed E-state index contributed by atoms with van der Waals surface area (Å²) >= 11 is 0. The number of nitrogens with one attached hydrogen (secondary N) is 1. The van der Waals surface area contributed by atoms with Crippen molar-refractivity contribution >= 4 is 5.91 Å². The zero-order valence-electron chi connectivity index (χ0n) is 22.3. The fourth-order valence-corrected chi connectivity index (χ4v) is 5.29. The van der Waals surface area contributed by atoms with E-state index >= 15 is 0 Å². The maximum Gasteiger partial charge on any atom is 0.251 e. The minimum absolute atomic E-state index is 0.0265. The van der Waals surface area contributed by atoms with Crippen molar-refractivity contribution in [3.8, 4) is 5.75 Å². The average molecular weight is 502 g/mol. The van der Waals surface area contributed by atoms with E-state index in [1.165, 1.54) is 30.6 Å². The SMILES string of the molecule is CC(C)c1cccc(OCc2nnc([C@H]3CC[C@H](NC(=O)c4ccc(CN5CCC5)cc4)CC3)n2C)c1. The molecule has 5 rings (SSSR count). The number of aromatic nitrogens is 3. The molecular weight excluding hydrogens is 462 g/mol. The Kier molecular flexibility index (Phi) is 7.89. The van der Waals surface area contributed by atoms with Gasteiger partial charge in [-0.25, -0.2) is 0 Å². The van der Waals surface area contributed by atoms with Gasteiger partial charge in [0.25, 0.3) is 5.91 Å². The number of carbonyl (C=O) groups excluding carboxylic acids is 1. The minimum atomic E-state index is 0.0265. The topological polar surface area (TPSA) is 72.3 Å². The van der Waals surface area contributed by atoms with Gasteiger partial charge in [0.05, 0.1) is 0 Å². The van der Waals surface area contributed by atoms with Crippen LogP contribution in [-0.4, -0.2) is 44.7 Å². The molecule has 196 valence electrons. The van der Waals surface area contributed by atoms with E-state index in [1.54, 1.807) is 0 Å². The summed E-state index contributed by atoms with van der Waals surface area (Å²) in [5, 5.41) is 12.2. The van der Waals surface area contributed by atoms with E-state index in [0.717, 1.165) is 55.2 Å². The third kappa shape index (κ3) is 6.21. The van der Waals surface area contributed by atoms with Crippen LogP contribution in [0.4, 0.5) is 0 Å². The molecule has 7 heteroatoms. The van der Waals surface area contributed by atoms with Gasteiger partial charge in [-0.2, -0.15) is 0 Å². The molecule has 1 aliphatic carbocycles. The number of amides is 1. The van der Waals surface area contributed by atoms with Crippen molar-refractivity contribution in [2.45, 2.75) is 77.0 Å². The van der Waals surface area contributed by atoms with Crippen LogP contribution < -0.4 is 10.1 Å². The Bertz CT molecular complexity index is 1190. The van der Waals surface area contributed by atoms with Crippen molar-refractivity contribution in [1.82, 2.24) is 25.0 Å². The van der Waals surface area contributed by atoms with E-state index in [0.29, 0.717) is 18.4 Å². The number of nitrogens with zero attached hydrogens (tertiary/aromatic N) is 4. The monoisotopic (exact) mass is 501 g/mol. The highest BCUT2D eigenvalue weighted by Crippen LogP contribution is 2.32. The summed E-state index contributed by atoms with van der Waals surface area (Å²) in [6.45, 7) is 8.10. The van der Waals surface area contributed by atoms with E-state index < -0.39 is 0 Å². The minimum Gasteiger partial charge on any atom is -0.486 e. The molecule has 2 aliphatic rings. The van der Waals surface area contributed by atoms with Crippen LogP contribution >= 0.6 is 0 Å². The van der Waals surface area contributed by atoms with Crippen LogP contribution in [0.15, 0.2) is 48.5 Å². The van der Waals surface area contributed by atoms with Crippen molar-refractivity contribution in [2.24, 2.45) is 7.05 Å². The Balaban J connectivity index is 1.10. The summed E-state index contributed by atoms with van der Waals surface area (Å²) in [4.78, 5) is 15.2. The number of ether oxygens (including phenoxy) is 1. The molecule has 2 aromatic carbocycles. The molecule has 37 heavy (non-hydrogen) atoms. The van der Waals surface area contributed by atoms with Gasteiger partial charge in [-0.15, -0.1) is 10.2 Å². The number of hydrogen-bond donors (Lipinski definition) is 1. The van der Waals surface area contributed by atoms with E-state index in [-0.39, 0.29) is 11.9 Å². The molecule has 0 bridgehead atoms. The van der Waals surface area contributed by atoms with Gasteiger partial charge in [-0.3, -0.25) is 9.69 Å². The first-order valence-corrected chi connectivity index (χ1v) is 13.7. The fraction of sp³-hybridized carbons (Fsp3) is 0.500. The van der Waals surface area contributed by atoms with Crippen molar-refractivity contribution in [3.63, 3.8) is 0 Å². The molecule has 3 aromatic rings. The molecule has 1 N–H and O–H groups in total. The Labute approximate surface area is 220 Å². The largest absolute Gasteiger partial charge is 0.486 e. The summed E-state index contributed by atoms with van der Waals surface area (Å²) in [5.74, 6) is 3.54. The maximum atomic E-state index is 12.8. The van der Waals surface area contributed by atoms with Gasteiger partial charge in [0.2, 0.25) is 0 Å². The van der Waals surface area contributed by atoms with Gasteiger partial charge in [0.1, 0.15) is 18.2 Å². The smallest absolute Gasteiger partial charge is 0.251 e. The third-order valence-corrected chi connectivity index (χ3v) is 7.89. The third-order valence-electron chi connectivity index (χ3n) is 7.89. The molecule has 1 saturated carbocycles. The predicted molar refractivity (Wildman–Crippen MR) is 145 cm³/mol. The Morgan fingerprint density at radius 2 is 1.81 bits per heavy atom. The Hall–Kier alpha value is -3.19. The lowest BCUT2D eigenvalue weighted by Gasteiger charge is -2.30. The Morgan fingerprint density at radius 3 is 2.49 bits per heavy atom. The molecule has 0 atom stereocenters. The zero-order valence-corrected chi connectivity index (χ0v) is 22.3. The molecular formula is C30H39N5O2. The first kappa shape index (κ1) is 25.5. The summed E-state index contributed by atoms with van der Waals surface area (Å²) in [5.41, 5.74) is 3.28. The zero-order chi connectivity index (χ0) is 25.8. The molecule has 0 spiro atoms. The van der Waals surface area contributed by atoms with E-state index in [9.17, 15) is 4.79 Å². The molecule has 0 radical (unpaired) electrons. The summed E-state index contributed by atoms with van der Waals surface area (Å²) in [6.07, 6.45) is 5.17. The van der Waals surface area contributed by atoms with Crippen LogP contribution in [0.1, 0.15) is 90.9 Å². The highest BCUT2D eigenvalue weighted by molar-refractivity contribution is 5.94. The number of carbonyl (C=O) groups is 1. The first-order valence-electron chi connectivity index (χ1n) is 13.7. The highest BCUT2D eigenvalue weighted by Gasteiger charge is 2.27. The lowest BCUT2D eigenvalue weighted by molar-refractivity contribution is 0.0925. The lowest BCUT2D eigenvalue weighted by Crippen LogP contribution is -2.37. The highest BCUT2D eigenvalue weighted by atomic mass is 16.5. The molecule has 7 nitrogen and oxygen atoms in total. The van der Waals surface area contributed by atoms with E-state index in [1.807, 2.05) is 31.3 Å². The van der Waals surface area contributed by atoms with Crippen LogP contribution in [0.3, 0.4) is 0 Å². The summed E-state index contributed by atoms with van der Waals surface area (Å²) < 4.78 is 8.11. The molecule has 1 amide bonds. The van der Waals surface area contributed by atoms with E-state index in [2.05, 4.69) is 63.1 Å². The predicted octanol–water partition coefficient (Wildman–Crippen LogP) is 5.18. The van der Waals surface area contributed by atoms with Crippen LogP contribution in [0, 0.1) is 0 Å². The summed E-state index contributed by atoms with van der Waals surface area (Å²) in [7, 11) is 2.03. The van der Waals surface area contributed by atoms with Gasteiger partial charge in [0.15, 0.2) is 5.82 Å². The second-order valence-electron chi connectivity index (χ2n) is 10.9. The lowest BCUT2D eigenvalue weighted by atomic mass is 9.85. The van der Waals surface area contributed by atoms with Crippen LogP contribution in [-0.2, 0) is 20.2 Å². The quantitative estimate of drug-likeness (QED) is 0.437. The van der Waals surface area contributed by atoms with Gasteiger partial charge >= 0.3 is 0 Å². The average Bonchev–Trinajstić information content (AvgIpc) is 3.26. The molecule has 1 aromatic heterocycles. The number of likely N-dealkylation sites (tertiary alicyclic amines) is 1. The van der Waals surface area contributed by atoms with Gasteiger partial charge in [-0.1, -0.05) is 38.1 Å². The van der Waals surface area contributed by atoms with Crippen molar-refractivity contribution in [2.75, 3.05) is 13.1 Å². The molecule has 2 heterocycles. The van der Waals surface area contributed by atoms with Gasteiger partial charge in [0, 0.05) is 31.1 Å². The van der Waals surface area contributed by atoms with Crippen molar-refractivity contribution < 1.29 is 9.53 Å². The van der Waals surface area contributed by atoms with Crippen LogP contribution in [0.25, 0.3) is 0 Å². The fourth-order valence-electron chi connectivity index (χ4n) is 5.29. The second kappa shape index (κ2) is 11.5. The number of rotatable bonds is 9. The normalized spacial score (nSPS) is 20.0. The van der Waals surface area contributed by atoms with Crippen molar-refractivity contribution in [1.29, 1.82) is 0 Å². The molecule has 0 unspecified atom stereocenters. The van der Waals surface area contributed by atoms with Gasteiger partial charge in [-0.05, 0) is 86.5 Å². The van der Waals surface area contributed by atoms with E-state index in [4.69, 9.17) is 4.74 Å². The molecule has 1 aliphatic heterocycles. The standard InChI is InChI=1S/C30H39N5O2/c1-21(2)25-6-4-7-27(18-25)37-20-28-32-33-29(34(28)3)23-12-14-26(15-13-23)31-30(36)24-10-8-22(9-11-24)19-35-16-5-17-35/h4,6-11,18,21,23,26H,5,12-17,19-20H2,1-3H3,(H,31,36)/t23-,26-. The number of benzene rings is 2. The molecule has 1 saturated heterocycles. The van der Waals surface area contributed by atoms with Crippen LogP contribution in [0.5, 0.6) is 5.75 Å². The maximum absolute atomic E-state index is 12.8. The second-order valence-corrected chi connectivity index (χ2v) is 10.9. The Morgan fingerprint density at radius 1 is 1.05 bits per heavy atom. The molecule has 2 fully saturated rings. The van der Waals surface area contributed by atoms with Crippen LogP contribution in [0.2, 0.25) is 0 Å². The van der Waals surface area contributed by atoms with Crippen molar-refractivity contribution in [3.05, 3.63) is 76.9 Å². The van der Waals surface area contributed by atoms with Gasteiger partial charge < -0.3 is 14.6 Å². The first-order chi connectivity index (χ1) is 18.0. The number of hydrogen-bond acceptors (Lipinski definition) is 5.